The summed E-state index contributed by atoms with van der Waals surface area (Å²) in [6.07, 6.45) is 3.43. The van der Waals surface area contributed by atoms with Crippen molar-refractivity contribution < 1.29 is 14.3 Å². The molecule has 1 aliphatic heterocycles. The average Bonchev–Trinajstić information content (AvgIpc) is 2.81. The van der Waals surface area contributed by atoms with Gasteiger partial charge in [0.05, 0.1) is 5.92 Å². The van der Waals surface area contributed by atoms with E-state index in [2.05, 4.69) is 4.90 Å². The van der Waals surface area contributed by atoms with Gasteiger partial charge in [0, 0.05) is 6.04 Å². The Morgan fingerprint density at radius 2 is 2.00 bits per heavy atom. The Kier molecular flexibility index (Phi) is 3.27. The van der Waals surface area contributed by atoms with Crippen LogP contribution in [0.5, 0.6) is 0 Å². The van der Waals surface area contributed by atoms with Gasteiger partial charge in [0.25, 0.3) is 0 Å². The molecule has 1 aliphatic carbocycles. The number of fused-ring (bicyclic) bond motifs is 1. The van der Waals surface area contributed by atoms with Crippen LogP contribution in [0.3, 0.4) is 0 Å². The maximum absolute atomic E-state index is 13.4. The van der Waals surface area contributed by atoms with Crippen molar-refractivity contribution in [2.24, 2.45) is 5.92 Å². The van der Waals surface area contributed by atoms with Crippen LogP contribution in [0.15, 0.2) is 18.2 Å². The van der Waals surface area contributed by atoms with Gasteiger partial charge < -0.3 is 5.11 Å². The Labute approximate surface area is 112 Å². The first-order chi connectivity index (χ1) is 9.15. The van der Waals surface area contributed by atoms with Crippen molar-refractivity contribution >= 4 is 5.97 Å². The molecule has 102 valence electrons. The van der Waals surface area contributed by atoms with Crippen LogP contribution >= 0.6 is 0 Å². The summed E-state index contributed by atoms with van der Waals surface area (Å²) < 4.78 is 13.4. The van der Waals surface area contributed by atoms with Crippen LogP contribution in [0.4, 0.5) is 4.39 Å². The number of aliphatic carboxylic acids is 1. The lowest BCUT2D eigenvalue weighted by molar-refractivity contribution is -0.143. The summed E-state index contributed by atoms with van der Waals surface area (Å²) in [5.74, 6) is -1.06. The predicted molar refractivity (Wildman–Crippen MR) is 69.4 cm³/mol. The van der Waals surface area contributed by atoms with E-state index in [1.54, 1.807) is 6.07 Å². The lowest BCUT2D eigenvalue weighted by atomic mass is 9.95. The molecule has 0 saturated carbocycles. The largest absolute Gasteiger partial charge is 0.481 e. The van der Waals surface area contributed by atoms with Crippen LogP contribution in [-0.4, -0.2) is 29.1 Å². The van der Waals surface area contributed by atoms with Crippen LogP contribution in [0.2, 0.25) is 0 Å². The van der Waals surface area contributed by atoms with Gasteiger partial charge in [0.2, 0.25) is 0 Å². The van der Waals surface area contributed by atoms with E-state index >= 15 is 0 Å². The molecule has 19 heavy (non-hydrogen) atoms. The third-order valence-corrected chi connectivity index (χ3v) is 4.47. The van der Waals surface area contributed by atoms with Gasteiger partial charge in [-0.3, -0.25) is 9.69 Å². The molecule has 1 unspecified atom stereocenters. The van der Waals surface area contributed by atoms with Gasteiger partial charge in [-0.2, -0.15) is 0 Å². The fraction of sp³-hybridized carbons (Fsp3) is 0.533. The molecule has 1 fully saturated rings. The molecule has 0 spiro atoms. The number of carboxylic acids is 1. The molecule has 0 bridgehead atoms. The van der Waals surface area contributed by atoms with Gasteiger partial charge in [-0.15, -0.1) is 0 Å². The second kappa shape index (κ2) is 4.93. The maximum Gasteiger partial charge on any atom is 0.306 e. The minimum atomic E-state index is -0.683. The molecule has 3 nitrogen and oxygen atoms in total. The lowest BCUT2D eigenvalue weighted by Crippen LogP contribution is -2.38. The molecule has 0 radical (unpaired) electrons. The number of likely N-dealkylation sites (tertiary alicyclic amines) is 1. The zero-order chi connectivity index (χ0) is 13.4. The summed E-state index contributed by atoms with van der Waals surface area (Å²) in [6.45, 7) is 1.61. The first-order valence-corrected chi connectivity index (χ1v) is 6.90. The third-order valence-electron chi connectivity index (χ3n) is 4.47. The zero-order valence-corrected chi connectivity index (χ0v) is 10.8. The first kappa shape index (κ1) is 12.6. The number of rotatable bonds is 2. The Morgan fingerprint density at radius 1 is 1.26 bits per heavy atom. The lowest BCUT2D eigenvalue weighted by Gasteiger charge is -2.35. The number of carbonyl (C=O) groups is 1. The van der Waals surface area contributed by atoms with Crippen molar-refractivity contribution in [1.29, 1.82) is 0 Å². The van der Waals surface area contributed by atoms with E-state index in [0.717, 1.165) is 31.5 Å². The molecule has 3 rings (SSSR count). The van der Waals surface area contributed by atoms with E-state index in [1.165, 1.54) is 11.6 Å². The van der Waals surface area contributed by atoms with Gasteiger partial charge in [-0.05, 0) is 62.0 Å². The molecule has 4 heteroatoms. The highest BCUT2D eigenvalue weighted by atomic mass is 19.1. The molecule has 1 atom stereocenters. The van der Waals surface area contributed by atoms with Crippen LogP contribution in [0.25, 0.3) is 0 Å². The summed E-state index contributed by atoms with van der Waals surface area (Å²) >= 11 is 0. The average molecular weight is 263 g/mol. The molecule has 1 aromatic carbocycles. The Morgan fingerprint density at radius 3 is 2.68 bits per heavy atom. The van der Waals surface area contributed by atoms with Crippen molar-refractivity contribution in [2.45, 2.75) is 31.7 Å². The molecule has 2 aliphatic rings. The molecule has 1 aromatic rings. The van der Waals surface area contributed by atoms with Crippen molar-refractivity contribution in [3.63, 3.8) is 0 Å². The van der Waals surface area contributed by atoms with Gasteiger partial charge >= 0.3 is 5.97 Å². The predicted octanol–water partition coefficient (Wildman–Crippen LogP) is 2.61. The van der Waals surface area contributed by atoms with Gasteiger partial charge in [-0.1, -0.05) is 6.07 Å². The number of aryl methyl sites for hydroxylation is 1. The summed E-state index contributed by atoms with van der Waals surface area (Å²) in [6, 6.07) is 5.34. The number of piperidine rings is 1. The summed E-state index contributed by atoms with van der Waals surface area (Å²) in [5.41, 5.74) is 2.35. The summed E-state index contributed by atoms with van der Waals surface area (Å²) in [4.78, 5) is 13.3. The Bertz CT molecular complexity index is 495. The van der Waals surface area contributed by atoms with Gasteiger partial charge in [0.1, 0.15) is 5.82 Å². The number of benzene rings is 1. The fourth-order valence-corrected chi connectivity index (χ4v) is 3.39. The first-order valence-electron chi connectivity index (χ1n) is 6.90. The minimum Gasteiger partial charge on any atom is -0.481 e. The summed E-state index contributed by atoms with van der Waals surface area (Å²) in [7, 11) is 0. The van der Waals surface area contributed by atoms with E-state index < -0.39 is 5.97 Å². The topological polar surface area (TPSA) is 40.5 Å². The second-order valence-corrected chi connectivity index (χ2v) is 5.55. The molecular weight excluding hydrogens is 245 g/mol. The molecule has 1 N–H and O–H groups in total. The molecule has 1 saturated heterocycles. The van der Waals surface area contributed by atoms with Crippen LogP contribution < -0.4 is 0 Å². The second-order valence-electron chi connectivity index (χ2n) is 5.55. The van der Waals surface area contributed by atoms with Crippen LogP contribution in [0.1, 0.15) is 36.4 Å². The van der Waals surface area contributed by atoms with Crippen molar-refractivity contribution in [2.75, 3.05) is 13.1 Å². The fourth-order valence-electron chi connectivity index (χ4n) is 3.39. The highest BCUT2D eigenvalue weighted by Gasteiger charge is 2.32. The number of nitrogens with zero attached hydrogens (tertiary/aromatic N) is 1. The highest BCUT2D eigenvalue weighted by Crippen LogP contribution is 2.38. The van der Waals surface area contributed by atoms with E-state index in [4.69, 9.17) is 5.11 Å². The van der Waals surface area contributed by atoms with Crippen molar-refractivity contribution in [1.82, 2.24) is 4.90 Å². The van der Waals surface area contributed by atoms with E-state index in [9.17, 15) is 9.18 Å². The van der Waals surface area contributed by atoms with Crippen molar-refractivity contribution in [3.05, 3.63) is 35.1 Å². The SMILES string of the molecule is O=C(O)C1CCN(C2CCc3ccc(F)cc32)CC1. The van der Waals surface area contributed by atoms with Crippen molar-refractivity contribution in [3.8, 4) is 0 Å². The zero-order valence-electron chi connectivity index (χ0n) is 10.8. The number of hydrogen-bond acceptors (Lipinski definition) is 2. The van der Waals surface area contributed by atoms with E-state index in [0.29, 0.717) is 12.8 Å². The Balaban J connectivity index is 1.73. The summed E-state index contributed by atoms with van der Waals surface area (Å²) in [5, 5.41) is 9.02. The van der Waals surface area contributed by atoms with Gasteiger partial charge in [-0.25, -0.2) is 4.39 Å². The monoisotopic (exact) mass is 263 g/mol. The molecule has 0 aromatic heterocycles. The molecule has 1 heterocycles. The maximum atomic E-state index is 13.4. The standard InChI is InChI=1S/C15H18FNO2/c16-12-3-1-10-2-4-14(13(10)9-12)17-7-5-11(6-8-17)15(18)19/h1,3,9,11,14H,2,4-8H2,(H,18,19). The molecule has 0 amide bonds. The van der Waals surface area contributed by atoms with Crippen LogP contribution in [-0.2, 0) is 11.2 Å². The minimum absolute atomic E-state index is 0.175. The Hall–Kier alpha value is -1.42. The number of halogens is 1. The molecular formula is C15H18FNO2. The van der Waals surface area contributed by atoms with E-state index in [-0.39, 0.29) is 17.8 Å². The normalized spacial score (nSPS) is 24.4. The smallest absolute Gasteiger partial charge is 0.306 e. The number of carboxylic acid groups (broad SMARTS) is 1. The quantitative estimate of drug-likeness (QED) is 0.891. The van der Waals surface area contributed by atoms with Gasteiger partial charge in [0.15, 0.2) is 0 Å². The highest BCUT2D eigenvalue weighted by molar-refractivity contribution is 5.70. The third kappa shape index (κ3) is 2.37. The van der Waals surface area contributed by atoms with Crippen LogP contribution in [0, 0.1) is 11.7 Å². The van der Waals surface area contributed by atoms with E-state index in [1.807, 2.05) is 6.07 Å². The number of hydrogen-bond donors (Lipinski definition) is 1.